The van der Waals surface area contributed by atoms with Crippen LogP contribution in [0.5, 0.6) is 0 Å². The van der Waals surface area contributed by atoms with Gasteiger partial charge in [0.15, 0.2) is 0 Å². The minimum atomic E-state index is -0.952. The maximum atomic E-state index is 11.0. The number of nitrogens with zero attached hydrogens (tertiary/aromatic N) is 3. The van der Waals surface area contributed by atoms with Gasteiger partial charge in [0.1, 0.15) is 5.82 Å². The lowest BCUT2D eigenvalue weighted by Crippen LogP contribution is -2.06. The fourth-order valence-electron chi connectivity index (χ4n) is 2.13. The summed E-state index contributed by atoms with van der Waals surface area (Å²) < 4.78 is 1.83. The normalized spacial score (nSPS) is 10.6. The van der Waals surface area contributed by atoms with E-state index in [4.69, 9.17) is 5.11 Å². The third-order valence-electron chi connectivity index (χ3n) is 3.31. The Kier molecular flexibility index (Phi) is 3.74. The molecule has 0 aromatic carbocycles. The highest BCUT2D eigenvalue weighted by molar-refractivity contribution is 5.88. The van der Waals surface area contributed by atoms with Gasteiger partial charge in [-0.05, 0) is 32.9 Å². The van der Waals surface area contributed by atoms with Crippen LogP contribution < -0.4 is 5.32 Å². The fraction of sp³-hybridized carbons (Fsp3) is 0.357. The van der Waals surface area contributed by atoms with Gasteiger partial charge in [0.2, 0.25) is 0 Å². The van der Waals surface area contributed by atoms with Crippen molar-refractivity contribution in [3.63, 3.8) is 0 Å². The van der Waals surface area contributed by atoms with Gasteiger partial charge in [-0.25, -0.2) is 9.78 Å². The minimum Gasteiger partial charge on any atom is -0.478 e. The number of carboxylic acid groups (broad SMARTS) is 1. The largest absolute Gasteiger partial charge is 0.478 e. The van der Waals surface area contributed by atoms with Gasteiger partial charge >= 0.3 is 5.97 Å². The van der Waals surface area contributed by atoms with Gasteiger partial charge in [-0.15, -0.1) is 0 Å². The molecule has 6 heteroatoms. The van der Waals surface area contributed by atoms with Crippen molar-refractivity contribution in [3.8, 4) is 0 Å². The van der Waals surface area contributed by atoms with E-state index in [1.807, 2.05) is 25.6 Å². The lowest BCUT2D eigenvalue weighted by molar-refractivity contribution is 0.0696. The van der Waals surface area contributed by atoms with Crippen LogP contribution in [0.3, 0.4) is 0 Å². The van der Waals surface area contributed by atoms with E-state index in [2.05, 4.69) is 15.4 Å². The lowest BCUT2D eigenvalue weighted by Gasteiger charge is -2.08. The maximum Gasteiger partial charge on any atom is 0.335 e. The number of hydrogen-bond acceptors (Lipinski definition) is 4. The molecule has 20 heavy (non-hydrogen) atoms. The number of hydrogen-bond donors (Lipinski definition) is 2. The molecule has 0 atom stereocenters. The van der Waals surface area contributed by atoms with Crippen LogP contribution in [-0.4, -0.2) is 25.8 Å². The van der Waals surface area contributed by atoms with Crippen LogP contribution >= 0.6 is 0 Å². The Balaban J connectivity index is 2.21. The first kappa shape index (κ1) is 14.0. The number of nitrogens with one attached hydrogen (secondary N) is 1. The van der Waals surface area contributed by atoms with E-state index in [0.717, 1.165) is 17.0 Å². The Bertz CT molecular complexity index is 661. The highest BCUT2D eigenvalue weighted by Crippen LogP contribution is 2.15. The number of carbonyl (C=O) groups is 1. The molecule has 0 bridgehead atoms. The monoisotopic (exact) mass is 274 g/mol. The second-order valence-electron chi connectivity index (χ2n) is 4.81. The Labute approximate surface area is 117 Å². The van der Waals surface area contributed by atoms with E-state index < -0.39 is 5.97 Å². The second-order valence-corrected chi connectivity index (χ2v) is 4.81. The quantitative estimate of drug-likeness (QED) is 0.892. The molecular weight excluding hydrogens is 256 g/mol. The van der Waals surface area contributed by atoms with Crippen LogP contribution in [0.2, 0.25) is 0 Å². The molecule has 0 aliphatic rings. The van der Waals surface area contributed by atoms with Crippen molar-refractivity contribution in [2.45, 2.75) is 27.3 Å². The molecule has 0 radical (unpaired) electrons. The predicted octanol–water partition coefficient (Wildman–Crippen LogP) is 2.05. The van der Waals surface area contributed by atoms with E-state index >= 15 is 0 Å². The molecule has 106 valence electrons. The molecule has 0 saturated carbocycles. The van der Waals surface area contributed by atoms with Crippen LogP contribution in [0.1, 0.15) is 33.0 Å². The molecule has 2 aromatic heterocycles. The van der Waals surface area contributed by atoms with E-state index in [1.165, 1.54) is 6.07 Å². The Morgan fingerprint density at radius 1 is 1.35 bits per heavy atom. The molecule has 0 unspecified atom stereocenters. The first-order valence-electron chi connectivity index (χ1n) is 6.33. The number of anilines is 1. The first-order chi connectivity index (χ1) is 9.38. The van der Waals surface area contributed by atoms with E-state index in [1.54, 1.807) is 13.0 Å². The third-order valence-corrected chi connectivity index (χ3v) is 3.31. The van der Waals surface area contributed by atoms with Crippen molar-refractivity contribution >= 4 is 11.8 Å². The fourth-order valence-corrected chi connectivity index (χ4v) is 2.13. The molecule has 0 aliphatic carbocycles. The molecule has 0 saturated heterocycles. The summed E-state index contributed by atoms with van der Waals surface area (Å²) >= 11 is 0. The van der Waals surface area contributed by atoms with Crippen LogP contribution in [0, 0.1) is 20.8 Å². The summed E-state index contributed by atoms with van der Waals surface area (Å²) in [4.78, 5) is 15.3. The molecule has 0 amide bonds. The number of carboxylic acids is 1. The van der Waals surface area contributed by atoms with Crippen LogP contribution in [-0.2, 0) is 13.6 Å². The molecular formula is C14H18N4O2. The smallest absolute Gasteiger partial charge is 0.335 e. The van der Waals surface area contributed by atoms with Gasteiger partial charge in [0.25, 0.3) is 0 Å². The second kappa shape index (κ2) is 5.32. The van der Waals surface area contributed by atoms with Crippen LogP contribution in [0.15, 0.2) is 12.1 Å². The van der Waals surface area contributed by atoms with E-state index in [0.29, 0.717) is 18.1 Å². The number of aromatic carboxylic acids is 1. The average molecular weight is 274 g/mol. The van der Waals surface area contributed by atoms with Gasteiger partial charge in [-0.1, -0.05) is 0 Å². The summed E-state index contributed by atoms with van der Waals surface area (Å²) in [5, 5.41) is 16.6. The Morgan fingerprint density at radius 3 is 2.60 bits per heavy atom. The van der Waals surface area contributed by atoms with Crippen molar-refractivity contribution in [1.29, 1.82) is 0 Å². The number of rotatable bonds is 4. The van der Waals surface area contributed by atoms with E-state index in [9.17, 15) is 4.79 Å². The zero-order valence-corrected chi connectivity index (χ0v) is 12.1. The van der Waals surface area contributed by atoms with Gasteiger partial charge in [0, 0.05) is 30.5 Å². The third kappa shape index (κ3) is 2.79. The van der Waals surface area contributed by atoms with Crippen molar-refractivity contribution in [2.75, 3.05) is 5.32 Å². The van der Waals surface area contributed by atoms with Crippen molar-refractivity contribution in [2.24, 2.45) is 7.05 Å². The van der Waals surface area contributed by atoms with Crippen molar-refractivity contribution in [3.05, 3.63) is 40.3 Å². The number of aromatic nitrogens is 3. The average Bonchev–Trinajstić information content (AvgIpc) is 2.60. The standard InChI is InChI=1S/C14H18N4O2/c1-8-5-11(14(19)20)6-13(16-8)15-7-12-9(2)17-18(4)10(12)3/h5-6H,7H2,1-4H3,(H,15,16)(H,19,20). The summed E-state index contributed by atoms with van der Waals surface area (Å²) in [6.45, 7) is 6.30. The topological polar surface area (TPSA) is 80.0 Å². The van der Waals surface area contributed by atoms with Gasteiger partial charge < -0.3 is 10.4 Å². The molecule has 0 fully saturated rings. The lowest BCUT2D eigenvalue weighted by atomic mass is 10.2. The summed E-state index contributed by atoms with van der Waals surface area (Å²) in [6, 6.07) is 3.09. The van der Waals surface area contributed by atoms with Crippen LogP contribution in [0.25, 0.3) is 0 Å². The maximum absolute atomic E-state index is 11.0. The zero-order chi connectivity index (χ0) is 14.9. The highest BCUT2D eigenvalue weighted by atomic mass is 16.4. The molecule has 0 aliphatic heterocycles. The van der Waals surface area contributed by atoms with Crippen LogP contribution in [0.4, 0.5) is 5.82 Å². The SMILES string of the molecule is Cc1cc(C(=O)O)cc(NCc2c(C)nn(C)c2C)n1. The van der Waals surface area contributed by atoms with Gasteiger partial charge in [0.05, 0.1) is 11.3 Å². The minimum absolute atomic E-state index is 0.236. The van der Waals surface area contributed by atoms with Crippen molar-refractivity contribution in [1.82, 2.24) is 14.8 Å². The Morgan fingerprint density at radius 2 is 2.05 bits per heavy atom. The van der Waals surface area contributed by atoms with Crippen molar-refractivity contribution < 1.29 is 9.90 Å². The Hall–Kier alpha value is -2.37. The number of aryl methyl sites for hydroxylation is 3. The summed E-state index contributed by atoms with van der Waals surface area (Å²) in [7, 11) is 1.90. The first-order valence-corrected chi connectivity index (χ1v) is 6.33. The summed E-state index contributed by atoms with van der Waals surface area (Å²) in [6.07, 6.45) is 0. The molecule has 2 heterocycles. The summed E-state index contributed by atoms with van der Waals surface area (Å²) in [5.74, 6) is -0.391. The predicted molar refractivity (Wildman–Crippen MR) is 75.9 cm³/mol. The molecule has 0 spiro atoms. The molecule has 6 nitrogen and oxygen atoms in total. The summed E-state index contributed by atoms with van der Waals surface area (Å²) in [5.41, 5.74) is 4.06. The number of pyridine rings is 1. The highest BCUT2D eigenvalue weighted by Gasteiger charge is 2.10. The van der Waals surface area contributed by atoms with Gasteiger partial charge in [-0.2, -0.15) is 5.10 Å². The van der Waals surface area contributed by atoms with E-state index in [-0.39, 0.29) is 5.56 Å². The molecule has 2 rings (SSSR count). The van der Waals surface area contributed by atoms with Gasteiger partial charge in [-0.3, -0.25) is 4.68 Å². The zero-order valence-electron chi connectivity index (χ0n) is 12.1. The molecule has 2 aromatic rings. The molecule has 2 N–H and O–H groups in total.